The number of nitrogens with zero attached hydrogens (tertiary/aromatic N) is 1. The fourth-order valence-electron chi connectivity index (χ4n) is 3.08. The first kappa shape index (κ1) is 16.4. The van der Waals surface area contributed by atoms with E-state index in [4.69, 9.17) is 4.42 Å². The maximum absolute atomic E-state index is 13.5. The Kier molecular flexibility index (Phi) is 4.80. The summed E-state index contributed by atoms with van der Waals surface area (Å²) in [5, 5.41) is 5.63. The fraction of sp³-hybridized carbons (Fsp3) is 0.353. The van der Waals surface area contributed by atoms with Crippen LogP contribution < -0.4 is 10.6 Å². The van der Waals surface area contributed by atoms with Crippen molar-refractivity contribution in [2.75, 3.05) is 13.6 Å². The molecule has 2 atom stereocenters. The summed E-state index contributed by atoms with van der Waals surface area (Å²) >= 11 is 0. The molecule has 0 spiro atoms. The molecule has 1 saturated heterocycles. The molecule has 0 unspecified atom stereocenters. The van der Waals surface area contributed by atoms with Gasteiger partial charge in [0, 0.05) is 6.54 Å². The van der Waals surface area contributed by atoms with Crippen LogP contribution in [0.5, 0.6) is 0 Å². The predicted molar refractivity (Wildman–Crippen MR) is 84.2 cm³/mol. The van der Waals surface area contributed by atoms with Gasteiger partial charge in [0.2, 0.25) is 0 Å². The Morgan fingerprint density at radius 3 is 2.88 bits per heavy atom. The molecular weight excluding hydrogens is 316 g/mol. The van der Waals surface area contributed by atoms with E-state index in [1.807, 2.05) is 11.9 Å². The van der Waals surface area contributed by atoms with Gasteiger partial charge in [-0.05, 0) is 43.3 Å². The number of urea groups is 1. The van der Waals surface area contributed by atoms with Gasteiger partial charge in [-0.25, -0.2) is 13.6 Å². The first-order chi connectivity index (χ1) is 11.5. The SMILES string of the molecule is CN1CC[C@@H](NC(=O)NCc2ccco2)[C@@H]1c1ccc(F)c(F)c1. The zero-order chi connectivity index (χ0) is 17.1. The van der Waals surface area contributed by atoms with Gasteiger partial charge >= 0.3 is 6.03 Å². The first-order valence-corrected chi connectivity index (χ1v) is 7.76. The molecule has 128 valence electrons. The van der Waals surface area contributed by atoms with Gasteiger partial charge in [-0.15, -0.1) is 0 Å². The highest BCUT2D eigenvalue weighted by Crippen LogP contribution is 2.31. The van der Waals surface area contributed by atoms with Gasteiger partial charge in [-0.1, -0.05) is 6.07 Å². The number of halogens is 2. The molecule has 1 aromatic heterocycles. The van der Waals surface area contributed by atoms with Gasteiger partial charge in [0.15, 0.2) is 11.6 Å². The number of furan rings is 1. The van der Waals surface area contributed by atoms with Gasteiger partial charge < -0.3 is 15.1 Å². The molecule has 0 radical (unpaired) electrons. The lowest BCUT2D eigenvalue weighted by atomic mass is 10.00. The van der Waals surface area contributed by atoms with E-state index in [0.717, 1.165) is 19.0 Å². The van der Waals surface area contributed by atoms with Gasteiger partial charge in [-0.3, -0.25) is 4.90 Å². The zero-order valence-corrected chi connectivity index (χ0v) is 13.3. The van der Waals surface area contributed by atoms with Crippen molar-refractivity contribution in [3.05, 3.63) is 59.6 Å². The van der Waals surface area contributed by atoms with E-state index >= 15 is 0 Å². The molecule has 0 bridgehead atoms. The molecule has 24 heavy (non-hydrogen) atoms. The number of carbonyl (C=O) groups is 1. The minimum absolute atomic E-state index is 0.184. The monoisotopic (exact) mass is 335 g/mol. The van der Waals surface area contributed by atoms with Gasteiger partial charge in [0.25, 0.3) is 0 Å². The minimum atomic E-state index is -0.881. The van der Waals surface area contributed by atoms with Crippen LogP contribution in [0.15, 0.2) is 41.0 Å². The lowest BCUT2D eigenvalue weighted by Gasteiger charge is -2.26. The molecule has 1 aliphatic heterocycles. The van der Waals surface area contributed by atoms with Gasteiger partial charge in [-0.2, -0.15) is 0 Å². The van der Waals surface area contributed by atoms with Crippen molar-refractivity contribution >= 4 is 6.03 Å². The predicted octanol–water partition coefficient (Wildman–Crippen LogP) is 2.80. The molecule has 5 nitrogen and oxygen atoms in total. The van der Waals surface area contributed by atoms with Crippen LogP contribution in [0.25, 0.3) is 0 Å². The Balaban J connectivity index is 1.65. The highest BCUT2D eigenvalue weighted by Gasteiger charge is 2.34. The van der Waals surface area contributed by atoms with E-state index < -0.39 is 11.6 Å². The number of rotatable bonds is 4. The van der Waals surface area contributed by atoms with Crippen LogP contribution in [0.1, 0.15) is 23.8 Å². The normalized spacial score (nSPS) is 21.0. The molecule has 1 fully saturated rings. The van der Waals surface area contributed by atoms with Crippen molar-refractivity contribution in [1.29, 1.82) is 0 Å². The summed E-state index contributed by atoms with van der Waals surface area (Å²) in [5.41, 5.74) is 0.644. The van der Waals surface area contributed by atoms with Gasteiger partial charge in [0.1, 0.15) is 5.76 Å². The Hall–Kier alpha value is -2.41. The molecule has 7 heteroatoms. The van der Waals surface area contributed by atoms with Crippen LogP contribution in [0, 0.1) is 11.6 Å². The highest BCUT2D eigenvalue weighted by atomic mass is 19.2. The van der Waals surface area contributed by atoms with Crippen LogP contribution in [-0.4, -0.2) is 30.6 Å². The molecule has 2 aromatic rings. The number of nitrogens with one attached hydrogen (secondary N) is 2. The van der Waals surface area contributed by atoms with Crippen molar-refractivity contribution in [3.8, 4) is 0 Å². The molecule has 2 amide bonds. The van der Waals surface area contributed by atoms with Crippen LogP contribution in [0.2, 0.25) is 0 Å². The van der Waals surface area contributed by atoms with E-state index in [1.54, 1.807) is 24.5 Å². The third-order valence-corrected chi connectivity index (χ3v) is 4.25. The van der Waals surface area contributed by atoms with Crippen LogP contribution in [0.4, 0.5) is 13.6 Å². The third kappa shape index (κ3) is 3.56. The number of likely N-dealkylation sites (N-methyl/N-ethyl adjacent to an activating group) is 1. The van der Waals surface area contributed by atoms with E-state index in [1.165, 1.54) is 6.07 Å². The van der Waals surface area contributed by atoms with Crippen LogP contribution in [-0.2, 0) is 6.54 Å². The Morgan fingerprint density at radius 2 is 2.17 bits per heavy atom. The average molecular weight is 335 g/mol. The summed E-state index contributed by atoms with van der Waals surface area (Å²) in [6, 6.07) is 6.68. The summed E-state index contributed by atoms with van der Waals surface area (Å²) in [7, 11) is 1.90. The van der Waals surface area contributed by atoms with Crippen molar-refractivity contribution in [1.82, 2.24) is 15.5 Å². The average Bonchev–Trinajstić information content (AvgIpc) is 3.18. The second-order valence-corrected chi connectivity index (χ2v) is 5.90. The Bertz CT molecular complexity index is 706. The lowest BCUT2D eigenvalue weighted by molar-refractivity contribution is 0.228. The smallest absolute Gasteiger partial charge is 0.315 e. The number of benzene rings is 1. The van der Waals surface area contributed by atoms with Crippen LogP contribution >= 0.6 is 0 Å². The van der Waals surface area contributed by atoms with E-state index in [9.17, 15) is 13.6 Å². The van der Waals surface area contributed by atoms with E-state index in [2.05, 4.69) is 10.6 Å². The van der Waals surface area contributed by atoms with Crippen molar-refractivity contribution in [2.45, 2.75) is 25.0 Å². The summed E-state index contributed by atoms with van der Waals surface area (Å²) in [5.74, 6) is -1.10. The molecule has 2 N–H and O–H groups in total. The molecule has 3 rings (SSSR count). The van der Waals surface area contributed by atoms with Crippen LogP contribution in [0.3, 0.4) is 0 Å². The maximum Gasteiger partial charge on any atom is 0.315 e. The second-order valence-electron chi connectivity index (χ2n) is 5.90. The first-order valence-electron chi connectivity index (χ1n) is 7.76. The Morgan fingerprint density at radius 1 is 1.33 bits per heavy atom. The number of hydrogen-bond acceptors (Lipinski definition) is 3. The Labute approximate surface area is 138 Å². The summed E-state index contributed by atoms with van der Waals surface area (Å²) in [4.78, 5) is 14.1. The molecule has 0 saturated carbocycles. The fourth-order valence-corrected chi connectivity index (χ4v) is 3.08. The lowest BCUT2D eigenvalue weighted by Crippen LogP contribution is -2.44. The number of hydrogen-bond donors (Lipinski definition) is 2. The summed E-state index contributed by atoms with van der Waals surface area (Å²) < 4.78 is 31.8. The molecular formula is C17H19F2N3O2. The summed E-state index contributed by atoms with van der Waals surface area (Å²) in [6.45, 7) is 1.05. The van der Waals surface area contributed by atoms with Gasteiger partial charge in [0.05, 0.1) is 24.9 Å². The molecule has 2 heterocycles. The zero-order valence-electron chi connectivity index (χ0n) is 13.3. The van der Waals surface area contributed by atoms with Crippen molar-refractivity contribution in [2.24, 2.45) is 0 Å². The quantitative estimate of drug-likeness (QED) is 0.903. The highest BCUT2D eigenvalue weighted by molar-refractivity contribution is 5.74. The third-order valence-electron chi connectivity index (χ3n) is 4.25. The summed E-state index contributed by atoms with van der Waals surface area (Å²) in [6.07, 6.45) is 2.27. The molecule has 0 aliphatic carbocycles. The van der Waals surface area contributed by atoms with Crippen molar-refractivity contribution in [3.63, 3.8) is 0 Å². The largest absolute Gasteiger partial charge is 0.467 e. The van der Waals surface area contributed by atoms with E-state index in [0.29, 0.717) is 11.3 Å². The minimum Gasteiger partial charge on any atom is -0.467 e. The standard InChI is InChI=1S/C17H19F2N3O2/c1-22-7-6-15(16(22)11-4-5-13(18)14(19)9-11)21-17(23)20-10-12-3-2-8-24-12/h2-5,8-9,15-16H,6-7,10H2,1H3,(H2,20,21,23)/t15-,16+/m1/s1. The van der Waals surface area contributed by atoms with E-state index in [-0.39, 0.29) is 24.7 Å². The van der Waals surface area contributed by atoms with Crippen molar-refractivity contribution < 1.29 is 18.0 Å². The second kappa shape index (κ2) is 7.00. The number of amides is 2. The maximum atomic E-state index is 13.5. The number of carbonyl (C=O) groups excluding carboxylic acids is 1. The topological polar surface area (TPSA) is 57.5 Å². The number of likely N-dealkylation sites (tertiary alicyclic amines) is 1. The molecule has 1 aliphatic rings. The molecule has 1 aromatic carbocycles.